The van der Waals surface area contributed by atoms with Gasteiger partial charge in [0.1, 0.15) is 5.82 Å². The number of hydrogen-bond donors (Lipinski definition) is 1. The Morgan fingerprint density at radius 1 is 1.53 bits per heavy atom. The van der Waals surface area contributed by atoms with Gasteiger partial charge in [-0.15, -0.1) is 0 Å². The molecule has 1 fully saturated rings. The number of aromatic nitrogens is 1. The molecular formula is C10H13ClN2O2. The minimum absolute atomic E-state index is 0.0804. The van der Waals surface area contributed by atoms with Crippen LogP contribution in [0.25, 0.3) is 0 Å². The fourth-order valence-electron chi connectivity index (χ4n) is 1.38. The summed E-state index contributed by atoms with van der Waals surface area (Å²) in [5, 5.41) is 3.75. The highest BCUT2D eigenvalue weighted by Crippen LogP contribution is 2.17. The summed E-state index contributed by atoms with van der Waals surface area (Å²) in [6.07, 6.45) is 1.78. The van der Waals surface area contributed by atoms with Crippen LogP contribution in [0.2, 0.25) is 5.02 Å². The summed E-state index contributed by atoms with van der Waals surface area (Å²) < 4.78 is 10.8. The van der Waals surface area contributed by atoms with E-state index in [1.165, 1.54) is 0 Å². The minimum atomic E-state index is 0.0804. The van der Waals surface area contributed by atoms with Gasteiger partial charge in [-0.1, -0.05) is 11.6 Å². The summed E-state index contributed by atoms with van der Waals surface area (Å²) in [5.41, 5.74) is 0. The molecule has 0 spiro atoms. The number of anilines is 1. The molecule has 1 N–H and O–H groups in total. The van der Waals surface area contributed by atoms with Crippen molar-refractivity contribution in [2.45, 2.75) is 6.10 Å². The van der Waals surface area contributed by atoms with Crippen molar-refractivity contribution in [3.8, 4) is 0 Å². The molecule has 0 saturated carbocycles. The lowest BCUT2D eigenvalue weighted by atomic mass is 10.3. The van der Waals surface area contributed by atoms with Gasteiger partial charge >= 0.3 is 0 Å². The molecule has 0 bridgehead atoms. The molecule has 1 aliphatic rings. The zero-order valence-corrected chi connectivity index (χ0v) is 9.04. The molecular weight excluding hydrogens is 216 g/mol. The van der Waals surface area contributed by atoms with Crippen molar-refractivity contribution in [2.75, 3.05) is 31.7 Å². The van der Waals surface area contributed by atoms with Crippen LogP contribution in [-0.2, 0) is 9.47 Å². The molecule has 0 radical (unpaired) electrons. The molecule has 0 aromatic carbocycles. The highest BCUT2D eigenvalue weighted by atomic mass is 35.5. The molecule has 1 unspecified atom stereocenters. The van der Waals surface area contributed by atoms with Crippen molar-refractivity contribution < 1.29 is 9.47 Å². The first-order valence-corrected chi connectivity index (χ1v) is 5.28. The Hall–Kier alpha value is -0.840. The van der Waals surface area contributed by atoms with E-state index in [4.69, 9.17) is 21.1 Å². The number of nitrogens with one attached hydrogen (secondary N) is 1. The number of hydrogen-bond acceptors (Lipinski definition) is 4. The van der Waals surface area contributed by atoms with Crippen LogP contribution in [0.4, 0.5) is 5.82 Å². The zero-order valence-electron chi connectivity index (χ0n) is 8.28. The molecule has 4 nitrogen and oxygen atoms in total. The van der Waals surface area contributed by atoms with E-state index < -0.39 is 0 Å². The highest BCUT2D eigenvalue weighted by molar-refractivity contribution is 6.32. The second kappa shape index (κ2) is 5.30. The van der Waals surface area contributed by atoms with Crippen molar-refractivity contribution in [2.24, 2.45) is 0 Å². The van der Waals surface area contributed by atoms with Crippen molar-refractivity contribution in [1.29, 1.82) is 0 Å². The van der Waals surface area contributed by atoms with Gasteiger partial charge in [0.2, 0.25) is 0 Å². The monoisotopic (exact) mass is 228 g/mol. The van der Waals surface area contributed by atoms with Crippen LogP contribution in [-0.4, -0.2) is 37.5 Å². The molecule has 1 aromatic heterocycles. The first kappa shape index (κ1) is 10.7. The standard InChI is InChI=1S/C10H13ClN2O2/c11-9-2-1-3-12-10(9)13-6-8-7-14-4-5-15-8/h1-3,8H,4-7H2,(H,12,13). The first-order valence-electron chi connectivity index (χ1n) is 4.90. The lowest BCUT2D eigenvalue weighted by Gasteiger charge is -2.23. The Balaban J connectivity index is 1.84. The zero-order chi connectivity index (χ0) is 10.5. The Morgan fingerprint density at radius 3 is 3.20 bits per heavy atom. The number of halogens is 1. The van der Waals surface area contributed by atoms with Crippen molar-refractivity contribution >= 4 is 17.4 Å². The second-order valence-electron chi connectivity index (χ2n) is 3.28. The van der Waals surface area contributed by atoms with Gasteiger partial charge in [-0.2, -0.15) is 0 Å². The smallest absolute Gasteiger partial charge is 0.144 e. The van der Waals surface area contributed by atoms with E-state index in [0.717, 1.165) is 0 Å². The van der Waals surface area contributed by atoms with Crippen LogP contribution in [0.1, 0.15) is 0 Å². The fraction of sp³-hybridized carbons (Fsp3) is 0.500. The first-order chi connectivity index (χ1) is 7.36. The summed E-state index contributed by atoms with van der Waals surface area (Å²) >= 11 is 5.94. The van der Waals surface area contributed by atoms with Gasteiger partial charge in [0.05, 0.1) is 30.9 Å². The van der Waals surface area contributed by atoms with Gasteiger partial charge in [0.15, 0.2) is 0 Å². The third-order valence-corrected chi connectivity index (χ3v) is 2.45. The molecule has 0 aliphatic carbocycles. The maximum atomic E-state index is 5.94. The molecule has 5 heteroatoms. The van der Waals surface area contributed by atoms with E-state index in [0.29, 0.717) is 37.2 Å². The third kappa shape index (κ3) is 3.06. The predicted molar refractivity (Wildman–Crippen MR) is 58.3 cm³/mol. The molecule has 2 rings (SSSR count). The SMILES string of the molecule is Clc1cccnc1NCC1COCCO1. The maximum absolute atomic E-state index is 5.94. The van der Waals surface area contributed by atoms with Gasteiger partial charge in [0.25, 0.3) is 0 Å². The van der Waals surface area contributed by atoms with Gasteiger partial charge in [0, 0.05) is 12.7 Å². The summed E-state index contributed by atoms with van der Waals surface area (Å²) in [4.78, 5) is 4.12. The van der Waals surface area contributed by atoms with Crippen LogP contribution in [0.3, 0.4) is 0 Å². The van der Waals surface area contributed by atoms with Crippen LogP contribution in [0, 0.1) is 0 Å². The molecule has 1 saturated heterocycles. The van der Waals surface area contributed by atoms with E-state index in [9.17, 15) is 0 Å². The number of pyridine rings is 1. The molecule has 1 aliphatic heterocycles. The molecule has 82 valence electrons. The Bertz CT molecular complexity index is 316. The summed E-state index contributed by atoms with van der Waals surface area (Å²) in [7, 11) is 0. The average molecular weight is 229 g/mol. The lowest BCUT2D eigenvalue weighted by molar-refractivity contribution is -0.0819. The van der Waals surface area contributed by atoms with E-state index >= 15 is 0 Å². The van der Waals surface area contributed by atoms with Crippen LogP contribution in [0.5, 0.6) is 0 Å². The van der Waals surface area contributed by atoms with Gasteiger partial charge in [-0.05, 0) is 12.1 Å². The minimum Gasteiger partial charge on any atom is -0.376 e. The van der Waals surface area contributed by atoms with Gasteiger partial charge < -0.3 is 14.8 Å². The molecule has 0 amide bonds. The van der Waals surface area contributed by atoms with Crippen LogP contribution >= 0.6 is 11.6 Å². The Morgan fingerprint density at radius 2 is 2.47 bits per heavy atom. The Labute approximate surface area is 93.6 Å². The number of ether oxygens (including phenoxy) is 2. The molecule has 1 aromatic rings. The normalized spacial score (nSPS) is 21.3. The van der Waals surface area contributed by atoms with Crippen LogP contribution < -0.4 is 5.32 Å². The Kier molecular flexibility index (Phi) is 3.77. The summed E-state index contributed by atoms with van der Waals surface area (Å²) in [6.45, 7) is 2.62. The third-order valence-electron chi connectivity index (χ3n) is 2.14. The van der Waals surface area contributed by atoms with Crippen molar-refractivity contribution in [1.82, 2.24) is 4.98 Å². The van der Waals surface area contributed by atoms with E-state index in [1.807, 2.05) is 0 Å². The fourth-order valence-corrected chi connectivity index (χ4v) is 1.57. The number of rotatable bonds is 3. The molecule has 1 atom stereocenters. The van der Waals surface area contributed by atoms with Crippen molar-refractivity contribution in [3.63, 3.8) is 0 Å². The second-order valence-corrected chi connectivity index (χ2v) is 3.69. The molecule has 15 heavy (non-hydrogen) atoms. The largest absolute Gasteiger partial charge is 0.376 e. The lowest BCUT2D eigenvalue weighted by Crippen LogP contribution is -2.34. The number of nitrogens with zero attached hydrogens (tertiary/aromatic N) is 1. The quantitative estimate of drug-likeness (QED) is 0.853. The van der Waals surface area contributed by atoms with E-state index in [1.54, 1.807) is 18.3 Å². The average Bonchev–Trinajstić information content (AvgIpc) is 2.29. The van der Waals surface area contributed by atoms with E-state index in [2.05, 4.69) is 10.3 Å². The van der Waals surface area contributed by atoms with Gasteiger partial charge in [-0.3, -0.25) is 0 Å². The van der Waals surface area contributed by atoms with Crippen molar-refractivity contribution in [3.05, 3.63) is 23.4 Å². The maximum Gasteiger partial charge on any atom is 0.144 e. The highest BCUT2D eigenvalue weighted by Gasteiger charge is 2.14. The topological polar surface area (TPSA) is 43.4 Å². The molecule has 2 heterocycles. The van der Waals surface area contributed by atoms with Gasteiger partial charge in [-0.25, -0.2) is 4.98 Å². The van der Waals surface area contributed by atoms with Crippen LogP contribution in [0.15, 0.2) is 18.3 Å². The van der Waals surface area contributed by atoms with E-state index in [-0.39, 0.29) is 6.10 Å². The predicted octanol–water partition coefficient (Wildman–Crippen LogP) is 1.56. The summed E-state index contributed by atoms with van der Waals surface area (Å²) in [5.74, 6) is 0.688. The summed E-state index contributed by atoms with van der Waals surface area (Å²) in [6, 6.07) is 3.60.